The molecule has 0 fully saturated rings. The van der Waals surface area contributed by atoms with Crippen LogP contribution in [0.5, 0.6) is 0 Å². The van der Waals surface area contributed by atoms with Crippen LogP contribution in [0.4, 0.5) is 21.8 Å². The van der Waals surface area contributed by atoms with Gasteiger partial charge in [-0.1, -0.05) is 36.2 Å². The number of nitrogens with one attached hydrogen (secondary N) is 2. The molecule has 0 aliphatic rings. The van der Waals surface area contributed by atoms with E-state index in [4.69, 9.17) is 23.2 Å². The van der Waals surface area contributed by atoms with E-state index in [1.54, 1.807) is 6.07 Å². The fourth-order valence-corrected chi connectivity index (χ4v) is 1.86. The lowest BCUT2D eigenvalue weighted by Gasteiger charge is -2.11. The first-order valence-corrected chi connectivity index (χ1v) is 6.85. The van der Waals surface area contributed by atoms with Gasteiger partial charge in [0, 0.05) is 6.54 Å². The molecule has 0 unspecified atom stereocenters. The SMILES string of the molecule is CCCNc1ncc(Cl)c(Nc2c(F)cccc2Cl)n1. The van der Waals surface area contributed by atoms with Gasteiger partial charge in [-0.2, -0.15) is 4.98 Å². The second kappa shape index (κ2) is 6.72. The number of hydrogen-bond donors (Lipinski definition) is 2. The number of nitrogens with zero attached hydrogens (tertiary/aromatic N) is 2. The van der Waals surface area contributed by atoms with E-state index in [1.807, 2.05) is 6.92 Å². The van der Waals surface area contributed by atoms with E-state index in [1.165, 1.54) is 18.3 Å². The molecule has 7 heteroatoms. The van der Waals surface area contributed by atoms with Crippen LogP contribution in [0.1, 0.15) is 13.3 Å². The van der Waals surface area contributed by atoms with Crippen molar-refractivity contribution in [2.45, 2.75) is 13.3 Å². The lowest BCUT2D eigenvalue weighted by atomic mass is 10.3. The van der Waals surface area contributed by atoms with Gasteiger partial charge in [-0.15, -0.1) is 0 Å². The van der Waals surface area contributed by atoms with E-state index in [0.717, 1.165) is 13.0 Å². The van der Waals surface area contributed by atoms with Crippen LogP contribution in [0.25, 0.3) is 0 Å². The Balaban J connectivity index is 2.28. The number of halogens is 3. The topological polar surface area (TPSA) is 49.8 Å². The van der Waals surface area contributed by atoms with E-state index >= 15 is 0 Å². The summed E-state index contributed by atoms with van der Waals surface area (Å²) in [6.45, 7) is 2.77. The van der Waals surface area contributed by atoms with Crippen molar-refractivity contribution in [2.24, 2.45) is 0 Å². The minimum Gasteiger partial charge on any atom is -0.354 e. The first-order valence-electron chi connectivity index (χ1n) is 6.09. The van der Waals surface area contributed by atoms with Crippen molar-refractivity contribution in [3.63, 3.8) is 0 Å². The summed E-state index contributed by atoms with van der Waals surface area (Å²) in [6, 6.07) is 4.41. The van der Waals surface area contributed by atoms with Crippen LogP contribution < -0.4 is 10.6 Å². The Bertz CT molecular complexity index is 587. The zero-order valence-electron chi connectivity index (χ0n) is 10.8. The van der Waals surface area contributed by atoms with Gasteiger partial charge in [0.05, 0.1) is 16.9 Å². The average molecular weight is 315 g/mol. The van der Waals surface area contributed by atoms with Gasteiger partial charge in [-0.05, 0) is 18.6 Å². The molecule has 1 aromatic carbocycles. The van der Waals surface area contributed by atoms with Gasteiger partial charge < -0.3 is 10.6 Å². The third-order valence-corrected chi connectivity index (χ3v) is 3.07. The van der Waals surface area contributed by atoms with Crippen LogP contribution in [0.15, 0.2) is 24.4 Å². The number of aromatic nitrogens is 2. The minimum atomic E-state index is -0.477. The molecule has 0 spiro atoms. The maximum atomic E-state index is 13.7. The second-order valence-corrected chi connectivity index (χ2v) is 4.85. The fraction of sp³-hybridized carbons (Fsp3) is 0.231. The number of benzene rings is 1. The summed E-state index contributed by atoms with van der Waals surface area (Å²) in [5.41, 5.74) is 0.135. The first-order chi connectivity index (χ1) is 9.61. The van der Waals surface area contributed by atoms with Gasteiger partial charge in [-0.25, -0.2) is 9.37 Å². The molecule has 0 atom stereocenters. The predicted molar refractivity (Wildman–Crippen MR) is 80.5 cm³/mol. The molecule has 106 valence electrons. The van der Waals surface area contributed by atoms with Crippen molar-refractivity contribution < 1.29 is 4.39 Å². The summed E-state index contributed by atoms with van der Waals surface area (Å²) in [6.07, 6.45) is 2.39. The largest absolute Gasteiger partial charge is 0.354 e. The van der Waals surface area contributed by atoms with E-state index in [0.29, 0.717) is 11.8 Å². The van der Waals surface area contributed by atoms with Gasteiger partial charge in [0.2, 0.25) is 5.95 Å². The summed E-state index contributed by atoms with van der Waals surface area (Å²) < 4.78 is 13.7. The van der Waals surface area contributed by atoms with Gasteiger partial charge >= 0.3 is 0 Å². The van der Waals surface area contributed by atoms with Crippen molar-refractivity contribution in [1.29, 1.82) is 0 Å². The summed E-state index contributed by atoms with van der Waals surface area (Å²) >= 11 is 12.0. The maximum absolute atomic E-state index is 13.7. The van der Waals surface area contributed by atoms with Crippen LogP contribution >= 0.6 is 23.2 Å². The zero-order chi connectivity index (χ0) is 14.5. The van der Waals surface area contributed by atoms with Crippen molar-refractivity contribution in [3.05, 3.63) is 40.3 Å². The molecule has 0 aliphatic heterocycles. The zero-order valence-corrected chi connectivity index (χ0v) is 12.3. The molecule has 0 aliphatic carbocycles. The summed E-state index contributed by atoms with van der Waals surface area (Å²) in [5.74, 6) is 0.244. The van der Waals surface area contributed by atoms with Gasteiger partial charge in [0.25, 0.3) is 0 Å². The molecule has 0 radical (unpaired) electrons. The number of hydrogen-bond acceptors (Lipinski definition) is 4. The molecule has 2 N–H and O–H groups in total. The Morgan fingerprint density at radius 3 is 2.75 bits per heavy atom. The highest BCUT2D eigenvalue weighted by molar-refractivity contribution is 6.34. The molecule has 0 saturated heterocycles. The van der Waals surface area contributed by atoms with Gasteiger partial charge in [-0.3, -0.25) is 0 Å². The van der Waals surface area contributed by atoms with Crippen LogP contribution in [0, 0.1) is 5.82 Å². The number of rotatable bonds is 5. The highest BCUT2D eigenvalue weighted by Crippen LogP contribution is 2.30. The first kappa shape index (κ1) is 14.8. The fourth-order valence-electron chi connectivity index (χ4n) is 1.51. The van der Waals surface area contributed by atoms with E-state index < -0.39 is 5.82 Å². The van der Waals surface area contributed by atoms with Crippen LogP contribution in [-0.4, -0.2) is 16.5 Å². The third kappa shape index (κ3) is 3.49. The van der Waals surface area contributed by atoms with Crippen molar-refractivity contribution in [1.82, 2.24) is 9.97 Å². The van der Waals surface area contributed by atoms with Gasteiger partial charge in [0.1, 0.15) is 10.8 Å². The van der Waals surface area contributed by atoms with Crippen molar-refractivity contribution in [2.75, 3.05) is 17.2 Å². The predicted octanol–water partition coefficient (Wildman–Crippen LogP) is 4.49. The van der Waals surface area contributed by atoms with Crippen LogP contribution in [-0.2, 0) is 0 Å². The number of para-hydroxylation sites is 1. The Labute approximate surface area is 126 Å². The monoisotopic (exact) mass is 314 g/mol. The molecule has 2 rings (SSSR count). The van der Waals surface area contributed by atoms with Crippen molar-refractivity contribution in [3.8, 4) is 0 Å². The molecular weight excluding hydrogens is 302 g/mol. The summed E-state index contributed by atoms with van der Waals surface area (Å²) in [7, 11) is 0. The van der Waals surface area contributed by atoms with Crippen molar-refractivity contribution >= 4 is 40.7 Å². The van der Waals surface area contributed by atoms with Crippen LogP contribution in [0.2, 0.25) is 10.0 Å². The second-order valence-electron chi connectivity index (χ2n) is 4.04. The Morgan fingerprint density at radius 1 is 1.25 bits per heavy atom. The highest BCUT2D eigenvalue weighted by Gasteiger charge is 2.11. The third-order valence-electron chi connectivity index (χ3n) is 2.48. The molecule has 0 bridgehead atoms. The Morgan fingerprint density at radius 2 is 2.05 bits per heavy atom. The molecule has 1 heterocycles. The lowest BCUT2D eigenvalue weighted by Crippen LogP contribution is -2.06. The van der Waals surface area contributed by atoms with Crippen LogP contribution in [0.3, 0.4) is 0 Å². The van der Waals surface area contributed by atoms with E-state index in [-0.39, 0.29) is 15.7 Å². The smallest absolute Gasteiger partial charge is 0.224 e. The molecule has 2 aromatic rings. The molecule has 4 nitrogen and oxygen atoms in total. The molecule has 0 saturated carbocycles. The minimum absolute atomic E-state index is 0.135. The van der Waals surface area contributed by atoms with E-state index in [9.17, 15) is 4.39 Å². The lowest BCUT2D eigenvalue weighted by molar-refractivity contribution is 0.632. The Hall–Kier alpha value is -1.59. The quantitative estimate of drug-likeness (QED) is 0.853. The molecule has 1 aromatic heterocycles. The average Bonchev–Trinajstić information content (AvgIpc) is 2.43. The summed E-state index contributed by atoms with van der Waals surface area (Å²) in [5, 5.41) is 6.36. The highest BCUT2D eigenvalue weighted by atomic mass is 35.5. The van der Waals surface area contributed by atoms with E-state index in [2.05, 4.69) is 20.6 Å². The standard InChI is InChI=1S/C13H13Cl2FN4/c1-2-6-17-13-18-7-9(15)12(20-13)19-11-8(14)4-3-5-10(11)16/h3-5,7H,2,6H2,1H3,(H2,17,18,19,20). The normalized spacial score (nSPS) is 10.4. The maximum Gasteiger partial charge on any atom is 0.224 e. The molecular formula is C13H13Cl2FN4. The van der Waals surface area contributed by atoms with Gasteiger partial charge in [0.15, 0.2) is 5.82 Å². The summed E-state index contributed by atoms with van der Waals surface area (Å²) in [4.78, 5) is 8.24. The number of anilines is 3. The molecule has 0 amide bonds. The molecule has 20 heavy (non-hydrogen) atoms. The Kier molecular flexibility index (Phi) is 4.98.